The van der Waals surface area contributed by atoms with Gasteiger partial charge in [-0.05, 0) is 38.4 Å². The lowest BCUT2D eigenvalue weighted by molar-refractivity contribution is 0.564. The zero-order valence-electron chi connectivity index (χ0n) is 8.54. The highest BCUT2D eigenvalue weighted by Gasteiger charge is 1.91. The Labute approximate surface area is 80.3 Å². The molecule has 0 aromatic heterocycles. The van der Waals surface area contributed by atoms with Crippen LogP contribution >= 0.6 is 0 Å². The van der Waals surface area contributed by atoms with Crippen molar-refractivity contribution in [3.05, 3.63) is 23.9 Å². The Bertz CT molecular complexity index is 221. The number of hydrogen-bond donors (Lipinski definition) is 1. The monoisotopic (exact) mass is 179 g/mol. The maximum Gasteiger partial charge on any atom is 0.0947 e. The molecule has 0 amide bonds. The fourth-order valence-corrected chi connectivity index (χ4v) is 0.767. The van der Waals surface area contributed by atoms with Crippen molar-refractivity contribution >= 4 is 0 Å². The number of nitriles is 1. The van der Waals surface area contributed by atoms with Crippen LogP contribution in [0.15, 0.2) is 23.9 Å². The van der Waals surface area contributed by atoms with Crippen LogP contribution in [-0.2, 0) is 0 Å². The molecule has 0 radical (unpaired) electrons. The lowest BCUT2D eigenvalue weighted by Gasteiger charge is -2.01. The molecule has 0 spiro atoms. The first kappa shape index (κ1) is 11.7. The van der Waals surface area contributed by atoms with Crippen LogP contribution in [0.25, 0.3) is 0 Å². The van der Waals surface area contributed by atoms with E-state index in [1.807, 2.05) is 44.4 Å². The van der Waals surface area contributed by atoms with Gasteiger partial charge < -0.3 is 10.2 Å². The van der Waals surface area contributed by atoms with Crippen molar-refractivity contribution in [2.24, 2.45) is 0 Å². The minimum absolute atomic E-state index is 0.783. The first-order valence-corrected chi connectivity index (χ1v) is 4.29. The van der Waals surface area contributed by atoms with Gasteiger partial charge in [0, 0.05) is 19.7 Å². The van der Waals surface area contributed by atoms with Crippen molar-refractivity contribution in [3.63, 3.8) is 0 Å². The second kappa shape index (κ2) is 7.38. The third-order valence-electron chi connectivity index (χ3n) is 1.47. The Hall–Kier alpha value is -1.27. The minimum atomic E-state index is 0.783. The van der Waals surface area contributed by atoms with Crippen molar-refractivity contribution < 1.29 is 0 Å². The second-order valence-electron chi connectivity index (χ2n) is 2.96. The van der Waals surface area contributed by atoms with Gasteiger partial charge in [0.2, 0.25) is 0 Å². The predicted octanol–water partition coefficient (Wildman–Crippen LogP) is 1.12. The van der Waals surface area contributed by atoms with Gasteiger partial charge in [-0.25, -0.2) is 0 Å². The van der Waals surface area contributed by atoms with Crippen LogP contribution in [0.4, 0.5) is 0 Å². The van der Waals surface area contributed by atoms with E-state index in [9.17, 15) is 0 Å². The van der Waals surface area contributed by atoms with Crippen LogP contribution in [0, 0.1) is 11.3 Å². The van der Waals surface area contributed by atoms with Gasteiger partial charge in [-0.3, -0.25) is 0 Å². The van der Waals surface area contributed by atoms with Gasteiger partial charge in [0.15, 0.2) is 0 Å². The smallest absolute Gasteiger partial charge is 0.0947 e. The van der Waals surface area contributed by atoms with Gasteiger partial charge in [0.1, 0.15) is 0 Å². The van der Waals surface area contributed by atoms with E-state index in [-0.39, 0.29) is 0 Å². The largest absolute Gasteiger partial charge is 0.383 e. The third-order valence-corrected chi connectivity index (χ3v) is 1.47. The molecule has 3 nitrogen and oxygen atoms in total. The molecular weight excluding hydrogens is 162 g/mol. The Kier molecular flexibility index (Phi) is 6.66. The van der Waals surface area contributed by atoms with E-state index in [2.05, 4.69) is 11.4 Å². The van der Waals surface area contributed by atoms with Crippen molar-refractivity contribution in [1.29, 1.82) is 5.26 Å². The van der Waals surface area contributed by atoms with Gasteiger partial charge in [0.25, 0.3) is 0 Å². The molecule has 3 heteroatoms. The summed E-state index contributed by atoms with van der Waals surface area (Å²) in [5, 5.41) is 11.7. The van der Waals surface area contributed by atoms with E-state index >= 15 is 0 Å². The van der Waals surface area contributed by atoms with E-state index in [0.29, 0.717) is 0 Å². The fourth-order valence-electron chi connectivity index (χ4n) is 0.767. The quantitative estimate of drug-likeness (QED) is 0.508. The molecule has 0 fully saturated rings. The number of nitrogens with one attached hydrogen (secondary N) is 1. The molecule has 0 bridgehead atoms. The van der Waals surface area contributed by atoms with E-state index < -0.39 is 0 Å². The van der Waals surface area contributed by atoms with Crippen LogP contribution in [0.2, 0.25) is 0 Å². The van der Waals surface area contributed by atoms with E-state index in [1.165, 1.54) is 0 Å². The molecule has 0 rings (SSSR count). The fraction of sp³-hybridized carbons (Fsp3) is 0.500. The molecule has 0 heterocycles. The average molecular weight is 179 g/mol. The highest BCUT2D eigenvalue weighted by atomic mass is 15.0. The summed E-state index contributed by atoms with van der Waals surface area (Å²) < 4.78 is 0. The number of hydrogen-bond acceptors (Lipinski definition) is 3. The van der Waals surface area contributed by atoms with E-state index in [4.69, 9.17) is 5.26 Å². The molecule has 0 aliphatic heterocycles. The van der Waals surface area contributed by atoms with Crippen LogP contribution in [0.3, 0.4) is 0 Å². The molecule has 0 saturated carbocycles. The number of allylic oxidation sites excluding steroid dienone is 2. The molecule has 1 N–H and O–H groups in total. The van der Waals surface area contributed by atoms with Gasteiger partial charge in [-0.1, -0.05) is 0 Å². The topological polar surface area (TPSA) is 39.1 Å². The lowest BCUT2D eigenvalue weighted by atomic mass is 10.2. The summed E-state index contributed by atoms with van der Waals surface area (Å²) in [6.45, 7) is 0.842. The van der Waals surface area contributed by atoms with Crippen LogP contribution in [-0.4, -0.2) is 32.6 Å². The van der Waals surface area contributed by atoms with Gasteiger partial charge in [0.05, 0.1) is 6.07 Å². The van der Waals surface area contributed by atoms with Crippen LogP contribution in [0.5, 0.6) is 0 Å². The summed E-state index contributed by atoms with van der Waals surface area (Å²) in [7, 11) is 5.78. The molecular formula is C10H17N3. The van der Waals surface area contributed by atoms with Crippen molar-refractivity contribution in [2.45, 2.75) is 6.42 Å². The maximum atomic E-state index is 8.72. The SMILES string of the molecule is CNCCC(C#N)=CC=CN(C)C. The van der Waals surface area contributed by atoms with Crippen molar-refractivity contribution in [2.75, 3.05) is 27.7 Å². The molecule has 0 saturated heterocycles. The molecule has 0 atom stereocenters. The maximum absolute atomic E-state index is 8.72. The standard InChI is InChI=1S/C10H17N3/c1-12-7-6-10(9-11)5-4-8-13(2)3/h4-5,8,12H,6-7H2,1-3H3. The van der Waals surface area contributed by atoms with E-state index in [0.717, 1.165) is 18.5 Å². The molecule has 0 aromatic carbocycles. The Morgan fingerprint density at radius 2 is 2.23 bits per heavy atom. The first-order chi connectivity index (χ1) is 6.20. The summed E-state index contributed by atoms with van der Waals surface area (Å²) in [4.78, 5) is 1.93. The van der Waals surface area contributed by atoms with Crippen LogP contribution in [0.1, 0.15) is 6.42 Å². The molecule has 0 aliphatic rings. The van der Waals surface area contributed by atoms with Gasteiger partial charge in [-0.2, -0.15) is 5.26 Å². The molecule has 0 unspecified atom stereocenters. The first-order valence-electron chi connectivity index (χ1n) is 4.29. The Morgan fingerprint density at radius 3 is 2.69 bits per heavy atom. The van der Waals surface area contributed by atoms with Gasteiger partial charge >= 0.3 is 0 Å². The summed E-state index contributed by atoms with van der Waals surface area (Å²) >= 11 is 0. The lowest BCUT2D eigenvalue weighted by Crippen LogP contribution is -2.07. The highest BCUT2D eigenvalue weighted by Crippen LogP contribution is 1.98. The molecule has 72 valence electrons. The van der Waals surface area contributed by atoms with Crippen molar-refractivity contribution in [1.82, 2.24) is 10.2 Å². The second-order valence-corrected chi connectivity index (χ2v) is 2.96. The zero-order valence-corrected chi connectivity index (χ0v) is 8.54. The summed E-state index contributed by atoms with van der Waals surface area (Å²) in [5.74, 6) is 0. The molecule has 0 aliphatic carbocycles. The zero-order chi connectivity index (χ0) is 10.1. The summed E-state index contributed by atoms with van der Waals surface area (Å²) in [6, 6.07) is 2.16. The predicted molar refractivity (Wildman–Crippen MR) is 55.1 cm³/mol. The van der Waals surface area contributed by atoms with Gasteiger partial charge in [-0.15, -0.1) is 0 Å². The Balaban J connectivity index is 4.01. The Morgan fingerprint density at radius 1 is 1.54 bits per heavy atom. The van der Waals surface area contributed by atoms with Crippen molar-refractivity contribution in [3.8, 4) is 6.07 Å². The summed E-state index contributed by atoms with van der Waals surface area (Å²) in [5.41, 5.74) is 0.799. The normalized spacial score (nSPS) is 11.7. The number of nitrogens with zero attached hydrogens (tertiary/aromatic N) is 2. The summed E-state index contributed by atoms with van der Waals surface area (Å²) in [6.07, 6.45) is 6.42. The highest BCUT2D eigenvalue weighted by molar-refractivity contribution is 5.25. The van der Waals surface area contributed by atoms with Crippen LogP contribution < -0.4 is 5.32 Å². The molecule has 0 aromatic rings. The number of rotatable bonds is 5. The average Bonchev–Trinajstić information content (AvgIpc) is 2.10. The minimum Gasteiger partial charge on any atom is -0.383 e. The van der Waals surface area contributed by atoms with E-state index in [1.54, 1.807) is 0 Å². The molecule has 13 heavy (non-hydrogen) atoms. The third kappa shape index (κ3) is 7.10.